The third kappa shape index (κ3) is 20.4. The number of nitrogens with zero attached hydrogens (tertiary/aromatic N) is 5. The molecule has 0 N–H and O–H groups in total. The summed E-state index contributed by atoms with van der Waals surface area (Å²) in [4.78, 5) is 38.0. The van der Waals surface area contributed by atoms with Gasteiger partial charge < -0.3 is 43.1 Å². The van der Waals surface area contributed by atoms with Crippen LogP contribution < -0.4 is 4.90 Å². The molecule has 1 aromatic carbocycles. The van der Waals surface area contributed by atoms with Crippen LogP contribution in [0.3, 0.4) is 0 Å². The van der Waals surface area contributed by atoms with E-state index in [0.29, 0.717) is 54.6 Å². The summed E-state index contributed by atoms with van der Waals surface area (Å²) in [6.45, 7) is 26.6. The Morgan fingerprint density at radius 3 is 1.52 bits per heavy atom. The van der Waals surface area contributed by atoms with E-state index in [1.807, 2.05) is 106 Å². The highest BCUT2D eigenvalue weighted by molar-refractivity contribution is 6.41. The van der Waals surface area contributed by atoms with Crippen molar-refractivity contribution in [2.75, 3.05) is 57.4 Å². The minimum absolute atomic E-state index is 0.101. The molecule has 0 saturated carbocycles. The first-order chi connectivity index (χ1) is 30.9. The first-order valence-corrected chi connectivity index (χ1v) is 24.3. The summed E-state index contributed by atoms with van der Waals surface area (Å²) >= 11 is 18.2. The van der Waals surface area contributed by atoms with Crippen LogP contribution in [0.5, 0.6) is 0 Å². The maximum Gasteiger partial charge on any atom is 0.410 e. The number of aromatic nitrogens is 2. The molecule has 2 aromatic heterocycles. The summed E-state index contributed by atoms with van der Waals surface area (Å²) in [7, 11) is 0. The number of benzene rings is 1. The standard InChI is InChI=1S/C21H32ClN3O4.C12H15Cl2NO2.C10H19NO2.C7H8/c1-20(2,3)29-19(26)25-10-8-24(9-11-25)18-17(22)12-15(13-23-18)6-7-16-14-27-21(4,5)28-16;1-12(2)16-7-9(17-12)4-3-8-5-10(13)11(14)15-6-8;1-10(2,3)13-9(12)11-7-5-4-6-8-11;1-7-5-3-2-4-6-7/h12-13,16H,6-11,14H2,1-5H3;5-6,9H,3-4,7H2,1-2H3;4-8H2,1-3H3;2-6H,1H3/t16-;9-;;/m00../s1. The summed E-state index contributed by atoms with van der Waals surface area (Å²) in [6, 6.07) is 14.1. The lowest BCUT2D eigenvalue weighted by molar-refractivity contribution is -0.139. The van der Waals surface area contributed by atoms with Crippen LogP contribution >= 0.6 is 34.8 Å². The third-order valence-corrected chi connectivity index (χ3v) is 11.5. The van der Waals surface area contributed by atoms with Gasteiger partial charge in [-0.2, -0.15) is 0 Å². The molecule has 0 unspecified atom stereocenters. The molecule has 66 heavy (non-hydrogen) atoms. The lowest BCUT2D eigenvalue weighted by Gasteiger charge is -2.36. The molecule has 6 heterocycles. The number of rotatable bonds is 7. The molecule has 368 valence electrons. The molecule has 4 fully saturated rings. The fourth-order valence-electron chi connectivity index (χ4n) is 7.27. The Bertz CT molecular complexity index is 1960. The normalized spacial score (nSPS) is 20.2. The van der Waals surface area contributed by atoms with Crippen LogP contribution in [-0.2, 0) is 41.3 Å². The van der Waals surface area contributed by atoms with Gasteiger partial charge >= 0.3 is 12.2 Å². The molecular formula is C50H74Cl3N5O8. The molecule has 4 aliphatic heterocycles. The van der Waals surface area contributed by atoms with Crippen molar-refractivity contribution in [3.63, 3.8) is 0 Å². The van der Waals surface area contributed by atoms with Crippen LogP contribution in [0.2, 0.25) is 15.2 Å². The minimum Gasteiger partial charge on any atom is -0.444 e. The molecule has 3 aromatic rings. The van der Waals surface area contributed by atoms with Crippen molar-refractivity contribution in [1.29, 1.82) is 0 Å². The highest BCUT2D eigenvalue weighted by Crippen LogP contribution is 2.29. The zero-order valence-corrected chi connectivity index (χ0v) is 43.4. The zero-order valence-electron chi connectivity index (χ0n) is 41.1. The van der Waals surface area contributed by atoms with Gasteiger partial charge in [0.25, 0.3) is 0 Å². The Hall–Kier alpha value is -3.43. The Labute approximate surface area is 409 Å². The van der Waals surface area contributed by atoms with E-state index < -0.39 is 17.2 Å². The zero-order chi connectivity index (χ0) is 48.7. The Morgan fingerprint density at radius 1 is 0.667 bits per heavy atom. The molecule has 0 radical (unpaired) electrons. The number of piperazine rings is 1. The van der Waals surface area contributed by atoms with Crippen molar-refractivity contribution >= 4 is 52.8 Å². The van der Waals surface area contributed by atoms with Gasteiger partial charge in [-0.25, -0.2) is 19.6 Å². The Kier molecular flexibility index (Phi) is 21.1. The van der Waals surface area contributed by atoms with Crippen molar-refractivity contribution in [2.24, 2.45) is 0 Å². The number of hydrogen-bond donors (Lipinski definition) is 0. The number of likely N-dealkylation sites (tertiary alicyclic amines) is 1. The SMILES string of the molecule is CC(C)(C)OC(=O)N1CCCCC1.CC(C)(C)OC(=O)N1CCN(c2ncc(CC[C@H]3COC(C)(C)O3)cc2Cl)CC1.CC1(C)OC[C@H](CCc2cnc(Cl)c(Cl)c2)O1.Cc1ccccc1. The predicted octanol–water partition coefficient (Wildman–Crippen LogP) is 11.8. The van der Waals surface area contributed by atoms with Gasteiger partial charge in [-0.15, -0.1) is 0 Å². The third-order valence-electron chi connectivity index (χ3n) is 10.6. The average molecular weight is 980 g/mol. The molecule has 2 amide bonds. The molecule has 7 rings (SSSR count). The predicted molar refractivity (Wildman–Crippen MR) is 263 cm³/mol. The van der Waals surface area contributed by atoms with Crippen LogP contribution in [0.4, 0.5) is 15.4 Å². The molecule has 4 saturated heterocycles. The maximum absolute atomic E-state index is 12.2. The van der Waals surface area contributed by atoms with Gasteiger partial charge in [0.15, 0.2) is 11.6 Å². The molecule has 4 aliphatic rings. The molecular weight excluding hydrogens is 905 g/mol. The number of carbonyl (C=O) groups excluding carboxylic acids is 2. The lowest BCUT2D eigenvalue weighted by atomic mass is 10.1. The lowest BCUT2D eigenvalue weighted by Crippen LogP contribution is -2.50. The van der Waals surface area contributed by atoms with Crippen LogP contribution in [0.15, 0.2) is 54.9 Å². The van der Waals surface area contributed by atoms with E-state index >= 15 is 0 Å². The highest BCUT2D eigenvalue weighted by Gasteiger charge is 2.34. The number of aryl methyl sites for hydroxylation is 3. The summed E-state index contributed by atoms with van der Waals surface area (Å²) in [6.07, 6.45) is 10.3. The van der Waals surface area contributed by atoms with Crippen LogP contribution in [0.25, 0.3) is 0 Å². The van der Waals surface area contributed by atoms with Crippen molar-refractivity contribution in [1.82, 2.24) is 19.8 Å². The fourth-order valence-corrected chi connectivity index (χ4v) is 7.87. The smallest absolute Gasteiger partial charge is 0.410 e. The first kappa shape index (κ1) is 55.2. The van der Waals surface area contributed by atoms with Crippen molar-refractivity contribution in [2.45, 2.75) is 156 Å². The van der Waals surface area contributed by atoms with E-state index in [-0.39, 0.29) is 30.0 Å². The van der Waals surface area contributed by atoms with E-state index in [0.717, 1.165) is 68.6 Å². The molecule has 0 bridgehead atoms. The number of carbonyl (C=O) groups is 2. The monoisotopic (exact) mass is 977 g/mol. The second kappa shape index (κ2) is 25.3. The second-order valence-electron chi connectivity index (χ2n) is 19.9. The van der Waals surface area contributed by atoms with E-state index in [1.54, 1.807) is 16.0 Å². The van der Waals surface area contributed by atoms with Gasteiger partial charge in [-0.1, -0.05) is 70.7 Å². The van der Waals surface area contributed by atoms with Crippen LogP contribution in [-0.4, -0.2) is 119 Å². The van der Waals surface area contributed by atoms with Gasteiger partial charge in [0.1, 0.15) is 22.2 Å². The quantitative estimate of drug-likeness (QED) is 0.210. The number of ether oxygens (including phenoxy) is 6. The average Bonchev–Trinajstić information content (AvgIpc) is 3.79. The van der Waals surface area contributed by atoms with Crippen molar-refractivity contribution < 1.29 is 38.0 Å². The van der Waals surface area contributed by atoms with Crippen LogP contribution in [0.1, 0.15) is 118 Å². The number of piperidine rings is 1. The van der Waals surface area contributed by atoms with Crippen molar-refractivity contribution in [3.8, 4) is 0 Å². The summed E-state index contributed by atoms with van der Waals surface area (Å²) in [5.74, 6) is -0.187. The van der Waals surface area contributed by atoms with Crippen molar-refractivity contribution in [3.05, 3.63) is 86.7 Å². The molecule has 13 nitrogen and oxygen atoms in total. The number of hydrogen-bond acceptors (Lipinski definition) is 11. The largest absolute Gasteiger partial charge is 0.444 e. The summed E-state index contributed by atoms with van der Waals surface area (Å²) in [5, 5.41) is 1.47. The molecule has 0 spiro atoms. The topological polar surface area (TPSA) is 125 Å². The Balaban J connectivity index is 0.000000217. The minimum atomic E-state index is -0.494. The van der Waals surface area contributed by atoms with Gasteiger partial charge in [-0.05, 0) is 144 Å². The van der Waals surface area contributed by atoms with E-state index in [4.69, 9.17) is 63.2 Å². The summed E-state index contributed by atoms with van der Waals surface area (Å²) < 4.78 is 33.4. The Morgan fingerprint density at radius 2 is 1.12 bits per heavy atom. The van der Waals surface area contributed by atoms with Crippen LogP contribution in [0, 0.1) is 6.92 Å². The number of anilines is 1. The van der Waals surface area contributed by atoms with E-state index in [9.17, 15) is 9.59 Å². The van der Waals surface area contributed by atoms with Gasteiger partial charge in [0.05, 0.1) is 35.5 Å². The van der Waals surface area contributed by atoms with E-state index in [1.165, 1.54) is 12.0 Å². The molecule has 2 atom stereocenters. The number of amides is 2. The fraction of sp³-hybridized carbons (Fsp3) is 0.640. The maximum atomic E-state index is 12.2. The number of pyridine rings is 2. The summed E-state index contributed by atoms with van der Waals surface area (Å²) in [5.41, 5.74) is 2.61. The van der Waals surface area contributed by atoms with Gasteiger partial charge in [-0.3, -0.25) is 0 Å². The molecule has 16 heteroatoms. The molecule has 0 aliphatic carbocycles. The van der Waals surface area contributed by atoms with Gasteiger partial charge in [0, 0.05) is 51.7 Å². The highest BCUT2D eigenvalue weighted by atomic mass is 35.5. The number of halogens is 3. The second-order valence-corrected chi connectivity index (χ2v) is 21.1. The van der Waals surface area contributed by atoms with Gasteiger partial charge in [0.2, 0.25) is 0 Å². The first-order valence-electron chi connectivity index (χ1n) is 23.2. The van der Waals surface area contributed by atoms with E-state index in [2.05, 4.69) is 33.9 Å².